The number of hydrogen-bond acceptors (Lipinski definition) is 6. The van der Waals surface area contributed by atoms with E-state index in [2.05, 4.69) is 5.32 Å². The summed E-state index contributed by atoms with van der Waals surface area (Å²) in [7, 11) is 0. The standard InChI is InChI=1S/C28H21ClN4O5/c29-20-11-10-18(33(37)38)14-21(20)30-26(34)25-23-22(24-19-9-5-4-8-17(19)12-13-31(24)25)27(35)32(28(23)36)15-16-6-2-1-3-7-16/h1-14,22-25H,15H2,(H,30,34)/t22-,23-,24-,25+/m1/s1. The number of amides is 3. The zero-order valence-electron chi connectivity index (χ0n) is 19.9. The minimum atomic E-state index is -1.03. The average molecular weight is 529 g/mol. The molecule has 0 radical (unpaired) electrons. The lowest BCUT2D eigenvalue weighted by atomic mass is 9.84. The number of anilines is 1. The van der Waals surface area contributed by atoms with Crippen LogP contribution in [0.25, 0.3) is 6.08 Å². The van der Waals surface area contributed by atoms with Gasteiger partial charge in [0.15, 0.2) is 0 Å². The number of nitro benzene ring substituents is 1. The molecule has 2 saturated heterocycles. The molecular formula is C28H21ClN4O5. The van der Waals surface area contributed by atoms with E-state index in [9.17, 15) is 24.5 Å². The molecule has 0 saturated carbocycles. The molecule has 0 spiro atoms. The van der Waals surface area contributed by atoms with Gasteiger partial charge >= 0.3 is 0 Å². The first-order valence-corrected chi connectivity index (χ1v) is 12.4. The minimum absolute atomic E-state index is 0.0603. The quantitative estimate of drug-likeness (QED) is 0.298. The maximum Gasteiger partial charge on any atom is 0.271 e. The van der Waals surface area contributed by atoms with Crippen LogP contribution in [0.4, 0.5) is 11.4 Å². The summed E-state index contributed by atoms with van der Waals surface area (Å²) in [5.41, 5.74) is 2.40. The summed E-state index contributed by atoms with van der Waals surface area (Å²) in [5, 5.41) is 14.1. The lowest BCUT2D eigenvalue weighted by Gasteiger charge is -2.35. The van der Waals surface area contributed by atoms with Gasteiger partial charge in [-0.15, -0.1) is 0 Å². The van der Waals surface area contributed by atoms with Gasteiger partial charge in [0.05, 0.1) is 40.1 Å². The summed E-state index contributed by atoms with van der Waals surface area (Å²) in [6.45, 7) is 0.112. The third kappa shape index (κ3) is 3.74. The number of fused-ring (bicyclic) bond motifs is 5. The minimum Gasteiger partial charge on any atom is -0.357 e. The second-order valence-electron chi connectivity index (χ2n) is 9.49. The zero-order chi connectivity index (χ0) is 26.6. The number of rotatable bonds is 5. The van der Waals surface area contributed by atoms with Crippen molar-refractivity contribution in [2.24, 2.45) is 11.8 Å². The number of imide groups is 1. The lowest BCUT2D eigenvalue weighted by Crippen LogP contribution is -2.46. The molecule has 10 heteroatoms. The Morgan fingerprint density at radius 3 is 2.45 bits per heavy atom. The van der Waals surface area contributed by atoms with Crippen LogP contribution in [-0.4, -0.2) is 38.5 Å². The third-order valence-corrected chi connectivity index (χ3v) is 7.75. The second-order valence-corrected chi connectivity index (χ2v) is 9.90. The van der Waals surface area contributed by atoms with Crippen LogP contribution in [0.2, 0.25) is 5.02 Å². The zero-order valence-corrected chi connectivity index (χ0v) is 20.6. The summed E-state index contributed by atoms with van der Waals surface area (Å²) in [6.07, 6.45) is 3.59. The van der Waals surface area contributed by atoms with Crippen molar-refractivity contribution in [3.05, 3.63) is 111 Å². The molecule has 3 aromatic rings. The molecule has 3 heterocycles. The van der Waals surface area contributed by atoms with Gasteiger partial charge in [-0.1, -0.05) is 66.2 Å². The molecule has 0 bridgehead atoms. The van der Waals surface area contributed by atoms with E-state index in [0.717, 1.165) is 16.7 Å². The number of carbonyl (C=O) groups is 3. The van der Waals surface area contributed by atoms with E-state index in [1.807, 2.05) is 60.7 Å². The van der Waals surface area contributed by atoms with Crippen molar-refractivity contribution in [2.75, 3.05) is 5.32 Å². The van der Waals surface area contributed by atoms with Crippen molar-refractivity contribution in [3.63, 3.8) is 0 Å². The molecule has 6 rings (SSSR count). The predicted molar refractivity (Wildman–Crippen MR) is 140 cm³/mol. The van der Waals surface area contributed by atoms with Gasteiger partial charge in [-0.2, -0.15) is 0 Å². The highest BCUT2D eigenvalue weighted by atomic mass is 35.5. The molecule has 3 aliphatic rings. The number of halogens is 1. The van der Waals surface area contributed by atoms with Gasteiger partial charge in [0.2, 0.25) is 17.7 Å². The highest BCUT2D eigenvalue weighted by molar-refractivity contribution is 6.34. The molecule has 4 atom stereocenters. The fourth-order valence-electron chi connectivity index (χ4n) is 5.77. The molecule has 3 aromatic carbocycles. The fraction of sp³-hybridized carbons (Fsp3) is 0.179. The first-order chi connectivity index (χ1) is 18.3. The van der Waals surface area contributed by atoms with Crippen LogP contribution in [0.1, 0.15) is 22.7 Å². The summed E-state index contributed by atoms with van der Waals surface area (Å²) in [4.78, 5) is 55.0. The van der Waals surface area contributed by atoms with E-state index in [-0.39, 0.29) is 28.8 Å². The number of non-ortho nitro benzene ring substituents is 1. The maximum atomic E-state index is 13.8. The Morgan fingerprint density at radius 1 is 0.974 bits per heavy atom. The van der Waals surface area contributed by atoms with Crippen LogP contribution in [0, 0.1) is 22.0 Å². The van der Waals surface area contributed by atoms with E-state index >= 15 is 0 Å². The van der Waals surface area contributed by atoms with Crippen LogP contribution in [0.5, 0.6) is 0 Å². The molecule has 0 aliphatic carbocycles. The molecule has 0 aromatic heterocycles. The summed E-state index contributed by atoms with van der Waals surface area (Å²) < 4.78 is 0. The Bertz CT molecular complexity index is 1520. The first-order valence-electron chi connectivity index (χ1n) is 12.0. The van der Waals surface area contributed by atoms with E-state index in [0.29, 0.717) is 0 Å². The Hall–Kier alpha value is -4.50. The van der Waals surface area contributed by atoms with Crippen molar-refractivity contribution in [3.8, 4) is 0 Å². The number of hydrogen-bond donors (Lipinski definition) is 1. The van der Waals surface area contributed by atoms with Crippen LogP contribution in [0.15, 0.2) is 79.0 Å². The second kappa shape index (κ2) is 9.11. The Kier molecular flexibility index (Phi) is 5.72. The Morgan fingerprint density at radius 2 is 1.68 bits per heavy atom. The van der Waals surface area contributed by atoms with Crippen LogP contribution in [-0.2, 0) is 20.9 Å². The lowest BCUT2D eigenvalue weighted by molar-refractivity contribution is -0.384. The van der Waals surface area contributed by atoms with Crippen molar-refractivity contribution in [2.45, 2.75) is 18.6 Å². The van der Waals surface area contributed by atoms with Gasteiger partial charge < -0.3 is 10.2 Å². The largest absolute Gasteiger partial charge is 0.357 e. The van der Waals surface area contributed by atoms with Crippen molar-refractivity contribution in [1.29, 1.82) is 0 Å². The van der Waals surface area contributed by atoms with Crippen molar-refractivity contribution in [1.82, 2.24) is 9.80 Å². The number of benzene rings is 3. The molecule has 190 valence electrons. The predicted octanol–water partition coefficient (Wildman–Crippen LogP) is 4.40. The SMILES string of the molecule is O=C(Nc1cc([N+](=O)[O-])ccc1Cl)[C@@H]1[C@@H]2C(=O)N(Cc3ccccc3)C(=O)[C@H]2[C@H]2c3ccccc3C=CN12. The van der Waals surface area contributed by atoms with Gasteiger partial charge in [0, 0.05) is 18.3 Å². The van der Waals surface area contributed by atoms with Crippen LogP contribution in [0.3, 0.4) is 0 Å². The van der Waals surface area contributed by atoms with Gasteiger partial charge in [-0.25, -0.2) is 0 Å². The highest BCUT2D eigenvalue weighted by Crippen LogP contribution is 2.53. The van der Waals surface area contributed by atoms with Crippen LogP contribution < -0.4 is 5.32 Å². The molecule has 2 fully saturated rings. The van der Waals surface area contributed by atoms with Crippen molar-refractivity contribution >= 4 is 46.8 Å². The van der Waals surface area contributed by atoms with E-state index in [1.165, 1.54) is 23.1 Å². The maximum absolute atomic E-state index is 13.8. The van der Waals surface area contributed by atoms with E-state index < -0.39 is 40.7 Å². The van der Waals surface area contributed by atoms with E-state index in [4.69, 9.17) is 11.6 Å². The van der Waals surface area contributed by atoms with Gasteiger partial charge in [-0.3, -0.25) is 29.4 Å². The Balaban J connectivity index is 1.40. The smallest absolute Gasteiger partial charge is 0.271 e. The summed E-state index contributed by atoms with van der Waals surface area (Å²) in [5.74, 6) is -3.03. The molecule has 9 nitrogen and oxygen atoms in total. The van der Waals surface area contributed by atoms with Crippen LogP contribution >= 0.6 is 11.6 Å². The normalized spacial score (nSPS) is 23.2. The topological polar surface area (TPSA) is 113 Å². The molecule has 0 unspecified atom stereocenters. The van der Waals surface area contributed by atoms with Gasteiger partial charge in [0.1, 0.15) is 6.04 Å². The molecule has 38 heavy (non-hydrogen) atoms. The first kappa shape index (κ1) is 23.9. The Labute approximate surface area is 222 Å². The van der Waals surface area contributed by atoms with Gasteiger partial charge in [0.25, 0.3) is 5.69 Å². The molecular weight excluding hydrogens is 508 g/mol. The van der Waals surface area contributed by atoms with Gasteiger partial charge in [-0.05, 0) is 28.8 Å². The number of carbonyl (C=O) groups excluding carboxylic acids is 3. The summed E-state index contributed by atoms with van der Waals surface area (Å²) >= 11 is 6.24. The summed E-state index contributed by atoms with van der Waals surface area (Å²) in [6, 6.07) is 19.0. The van der Waals surface area contributed by atoms with E-state index in [1.54, 1.807) is 11.1 Å². The monoisotopic (exact) mass is 528 g/mol. The fourth-order valence-corrected chi connectivity index (χ4v) is 5.93. The number of nitro groups is 1. The molecule has 3 amide bonds. The molecule has 1 N–H and O–H groups in total. The third-order valence-electron chi connectivity index (χ3n) is 7.42. The number of likely N-dealkylation sites (tertiary alicyclic amines) is 1. The highest BCUT2D eigenvalue weighted by Gasteiger charge is 2.64. The molecule has 3 aliphatic heterocycles. The number of nitrogens with zero attached hydrogens (tertiary/aromatic N) is 3. The average Bonchev–Trinajstić information content (AvgIpc) is 3.39. The number of nitrogens with one attached hydrogen (secondary N) is 1. The van der Waals surface area contributed by atoms with Crippen molar-refractivity contribution < 1.29 is 19.3 Å².